The summed E-state index contributed by atoms with van der Waals surface area (Å²) in [6, 6.07) is 0. The lowest BCUT2D eigenvalue weighted by atomic mass is 9.43. The van der Waals surface area contributed by atoms with Gasteiger partial charge in [-0.15, -0.1) is 12.8 Å². The summed E-state index contributed by atoms with van der Waals surface area (Å²) in [4.78, 5) is 0. The number of rotatable bonds is 2. The third-order valence-corrected chi connectivity index (χ3v) is 9.81. The Bertz CT molecular complexity index is 560. The Balaban J connectivity index is 0.000000465. The third kappa shape index (κ3) is 5.61. The molecule has 31 heavy (non-hydrogen) atoms. The molecule has 0 saturated heterocycles. The van der Waals surface area contributed by atoms with Crippen molar-refractivity contribution in [2.24, 2.45) is 52.1 Å². The molecule has 180 valence electrons. The van der Waals surface area contributed by atoms with Crippen molar-refractivity contribution >= 4 is 0 Å². The van der Waals surface area contributed by atoms with Crippen molar-refractivity contribution in [3.63, 3.8) is 0 Å². The zero-order valence-corrected chi connectivity index (χ0v) is 22.2. The first-order valence-electron chi connectivity index (χ1n) is 13.5. The molecule has 0 bridgehead atoms. The number of allylic oxidation sites excluding steroid dienone is 1. The SMILES string of the molecule is C#C.C=C1CCC2C3CC(C)C4CC(C)CCC4(C)C3CCC12C.CC.CCCCN. The van der Waals surface area contributed by atoms with Gasteiger partial charge in [-0.2, -0.15) is 0 Å². The highest BCUT2D eigenvalue weighted by Gasteiger charge is 2.59. The van der Waals surface area contributed by atoms with E-state index in [9.17, 15) is 0 Å². The summed E-state index contributed by atoms with van der Waals surface area (Å²) in [5.74, 6) is 5.90. The minimum Gasteiger partial charge on any atom is -0.330 e. The Hall–Kier alpha value is -0.740. The topological polar surface area (TPSA) is 26.0 Å². The van der Waals surface area contributed by atoms with Gasteiger partial charge in [0.15, 0.2) is 0 Å². The minimum atomic E-state index is 0.492. The van der Waals surface area contributed by atoms with Crippen molar-refractivity contribution < 1.29 is 0 Å². The van der Waals surface area contributed by atoms with Gasteiger partial charge in [0.25, 0.3) is 0 Å². The van der Waals surface area contributed by atoms with Gasteiger partial charge in [-0.25, -0.2) is 0 Å². The van der Waals surface area contributed by atoms with Crippen molar-refractivity contribution in [3.8, 4) is 12.8 Å². The first-order valence-corrected chi connectivity index (χ1v) is 13.5. The highest BCUT2D eigenvalue weighted by molar-refractivity contribution is 5.21. The quantitative estimate of drug-likeness (QED) is 0.345. The van der Waals surface area contributed by atoms with Gasteiger partial charge >= 0.3 is 0 Å². The molecule has 8 atom stereocenters. The number of hydrogen-bond acceptors (Lipinski definition) is 1. The largest absolute Gasteiger partial charge is 0.330 e. The lowest BCUT2D eigenvalue weighted by Gasteiger charge is -2.62. The molecular formula is C30H55N. The molecule has 4 saturated carbocycles. The van der Waals surface area contributed by atoms with Gasteiger partial charge in [0.05, 0.1) is 0 Å². The van der Waals surface area contributed by atoms with Crippen LogP contribution in [0.1, 0.15) is 113 Å². The van der Waals surface area contributed by atoms with Gasteiger partial charge in [-0.1, -0.05) is 73.5 Å². The molecule has 0 aromatic rings. The van der Waals surface area contributed by atoms with Gasteiger partial charge in [0.1, 0.15) is 0 Å². The van der Waals surface area contributed by atoms with Gasteiger partial charge in [0.2, 0.25) is 0 Å². The molecule has 4 rings (SSSR count). The lowest BCUT2D eigenvalue weighted by molar-refractivity contribution is -0.128. The Labute approximate surface area is 196 Å². The summed E-state index contributed by atoms with van der Waals surface area (Å²) >= 11 is 0. The molecule has 2 N–H and O–H groups in total. The third-order valence-electron chi connectivity index (χ3n) is 9.81. The first kappa shape index (κ1) is 28.3. The summed E-state index contributed by atoms with van der Waals surface area (Å²) in [5, 5.41) is 0. The van der Waals surface area contributed by atoms with E-state index in [-0.39, 0.29) is 0 Å². The smallest absolute Gasteiger partial charge is 0.00774 e. The van der Waals surface area contributed by atoms with Crippen LogP contribution < -0.4 is 5.73 Å². The molecule has 4 aliphatic rings. The van der Waals surface area contributed by atoms with Crippen molar-refractivity contribution in [3.05, 3.63) is 12.2 Å². The molecule has 0 aliphatic heterocycles. The van der Waals surface area contributed by atoms with E-state index in [0.29, 0.717) is 10.8 Å². The molecule has 0 spiro atoms. The summed E-state index contributed by atoms with van der Waals surface area (Å²) in [5.41, 5.74) is 7.87. The Kier molecular flexibility index (Phi) is 11.4. The van der Waals surface area contributed by atoms with E-state index in [1.807, 2.05) is 13.8 Å². The fourth-order valence-electron chi connectivity index (χ4n) is 8.05. The second-order valence-electron chi connectivity index (χ2n) is 11.3. The molecule has 0 heterocycles. The lowest BCUT2D eigenvalue weighted by Crippen LogP contribution is -2.55. The van der Waals surface area contributed by atoms with Crippen LogP contribution in [-0.2, 0) is 0 Å². The Morgan fingerprint density at radius 3 is 2.16 bits per heavy atom. The maximum absolute atomic E-state index is 5.14. The summed E-state index contributed by atoms with van der Waals surface area (Å²) < 4.78 is 0. The zero-order valence-electron chi connectivity index (χ0n) is 22.2. The highest BCUT2D eigenvalue weighted by atomic mass is 14.6. The summed E-state index contributed by atoms with van der Waals surface area (Å²) in [7, 11) is 0. The zero-order chi connectivity index (χ0) is 23.8. The predicted molar refractivity (Wildman–Crippen MR) is 140 cm³/mol. The maximum atomic E-state index is 5.14. The molecule has 0 aromatic carbocycles. The number of terminal acetylenes is 1. The minimum absolute atomic E-state index is 0.492. The molecule has 8 unspecified atom stereocenters. The van der Waals surface area contributed by atoms with Crippen LogP contribution in [0.25, 0.3) is 0 Å². The van der Waals surface area contributed by atoms with E-state index in [0.717, 1.165) is 42.1 Å². The monoisotopic (exact) mass is 429 g/mol. The number of fused-ring (bicyclic) bond motifs is 5. The van der Waals surface area contributed by atoms with Gasteiger partial charge in [0, 0.05) is 0 Å². The van der Waals surface area contributed by atoms with Crippen LogP contribution in [-0.4, -0.2) is 6.54 Å². The fourth-order valence-corrected chi connectivity index (χ4v) is 8.05. The average molecular weight is 430 g/mol. The van der Waals surface area contributed by atoms with Gasteiger partial charge in [-0.3, -0.25) is 0 Å². The van der Waals surface area contributed by atoms with Crippen LogP contribution >= 0.6 is 0 Å². The molecule has 0 aromatic heterocycles. The summed E-state index contributed by atoms with van der Waals surface area (Å²) in [6.07, 6.45) is 22.1. The van der Waals surface area contributed by atoms with E-state index in [1.54, 1.807) is 5.57 Å². The fraction of sp³-hybridized carbons (Fsp3) is 0.867. The van der Waals surface area contributed by atoms with E-state index in [4.69, 9.17) is 5.73 Å². The van der Waals surface area contributed by atoms with E-state index >= 15 is 0 Å². The van der Waals surface area contributed by atoms with Crippen molar-refractivity contribution in [2.75, 3.05) is 6.54 Å². The number of unbranched alkanes of at least 4 members (excludes halogenated alkanes) is 1. The second kappa shape index (κ2) is 12.5. The van der Waals surface area contributed by atoms with Gasteiger partial charge in [-0.05, 0) is 104 Å². The molecule has 4 aliphatic carbocycles. The Morgan fingerprint density at radius 1 is 0.968 bits per heavy atom. The van der Waals surface area contributed by atoms with Crippen LogP contribution in [0.15, 0.2) is 12.2 Å². The Morgan fingerprint density at radius 2 is 1.61 bits per heavy atom. The molecule has 0 radical (unpaired) electrons. The van der Waals surface area contributed by atoms with Crippen LogP contribution in [0, 0.1) is 59.2 Å². The summed E-state index contributed by atoms with van der Waals surface area (Å²) in [6.45, 7) is 21.8. The van der Waals surface area contributed by atoms with Gasteiger partial charge < -0.3 is 5.73 Å². The maximum Gasteiger partial charge on any atom is -0.00774 e. The van der Waals surface area contributed by atoms with Crippen molar-refractivity contribution in [1.29, 1.82) is 0 Å². The highest BCUT2D eigenvalue weighted by Crippen LogP contribution is 2.68. The van der Waals surface area contributed by atoms with E-state index < -0.39 is 0 Å². The molecule has 4 fully saturated rings. The van der Waals surface area contributed by atoms with E-state index in [2.05, 4.69) is 54.0 Å². The normalized spacial score (nSPS) is 42.7. The molecule has 1 nitrogen and oxygen atoms in total. The molecular weight excluding hydrogens is 374 g/mol. The first-order chi connectivity index (χ1) is 14.8. The van der Waals surface area contributed by atoms with E-state index in [1.165, 1.54) is 64.2 Å². The predicted octanol–water partition coefficient (Wildman–Crippen LogP) is 8.49. The van der Waals surface area contributed by atoms with Crippen LogP contribution in [0.4, 0.5) is 0 Å². The number of nitrogens with two attached hydrogens (primary N) is 1. The van der Waals surface area contributed by atoms with Crippen LogP contribution in [0.5, 0.6) is 0 Å². The van der Waals surface area contributed by atoms with Crippen molar-refractivity contribution in [1.82, 2.24) is 0 Å². The van der Waals surface area contributed by atoms with Crippen LogP contribution in [0.3, 0.4) is 0 Å². The molecule has 0 amide bonds. The van der Waals surface area contributed by atoms with Crippen molar-refractivity contribution in [2.45, 2.75) is 113 Å². The average Bonchev–Trinajstić information content (AvgIpc) is 3.08. The number of hydrogen-bond donors (Lipinski definition) is 1. The standard InChI is InChI=1S/C22H36.C4H11N.C2H6.C2H2/c1-14-8-10-22(5)19-9-11-21(4)16(3)6-7-18(21)17(19)13-15(2)20(22)12-14;1-2-3-4-5;2*1-2/h14-15,17-20H,3,6-13H2,1-2,4-5H3;2-5H2,1H3;1-2H3;1-2H. The second-order valence-corrected chi connectivity index (χ2v) is 11.3. The van der Waals surface area contributed by atoms with Crippen LogP contribution in [0.2, 0.25) is 0 Å². The molecule has 1 heteroatoms.